The van der Waals surface area contributed by atoms with Crippen molar-refractivity contribution in [3.05, 3.63) is 35.5 Å². The van der Waals surface area contributed by atoms with Crippen LogP contribution in [0.4, 0.5) is 0 Å². The summed E-state index contributed by atoms with van der Waals surface area (Å²) in [4.78, 5) is 17.0. The number of hydrogen-bond donors (Lipinski definition) is 2. The van der Waals surface area contributed by atoms with Crippen LogP contribution in [0, 0.1) is 6.92 Å². The maximum atomic E-state index is 10.6. The van der Waals surface area contributed by atoms with Gasteiger partial charge in [-0.2, -0.15) is 0 Å². The maximum Gasteiger partial charge on any atom is 0.166 e. The van der Waals surface area contributed by atoms with Gasteiger partial charge in [-0.15, -0.1) is 0 Å². The number of para-hydroxylation sites is 1. The molecule has 2 heterocycles. The Morgan fingerprint density at radius 2 is 2.07 bits per heavy atom. The number of carbonyl (C=O) groups excluding carboxylic acids is 1. The molecule has 0 aliphatic rings. The number of nitrogens with one attached hydrogen (secondary N) is 2. The molecule has 15 heavy (non-hydrogen) atoms. The first kappa shape index (κ1) is 8.29. The highest BCUT2D eigenvalue weighted by molar-refractivity contribution is 6.07. The molecule has 0 atom stereocenters. The van der Waals surface area contributed by atoms with E-state index in [4.69, 9.17) is 0 Å². The Morgan fingerprint density at radius 1 is 1.20 bits per heavy atom. The highest BCUT2D eigenvalue weighted by atomic mass is 16.1. The smallest absolute Gasteiger partial charge is 0.166 e. The summed E-state index contributed by atoms with van der Waals surface area (Å²) in [6, 6.07) is 7.97. The zero-order valence-corrected chi connectivity index (χ0v) is 8.29. The molecule has 74 valence electrons. The predicted molar refractivity (Wildman–Crippen MR) is 60.3 cm³/mol. The third-order valence-corrected chi connectivity index (χ3v) is 2.77. The van der Waals surface area contributed by atoms with Gasteiger partial charge in [-0.1, -0.05) is 18.2 Å². The van der Waals surface area contributed by atoms with Crippen molar-refractivity contribution >= 4 is 28.2 Å². The Balaban J connectivity index is 2.50. The number of fused-ring (bicyclic) bond motifs is 3. The van der Waals surface area contributed by atoms with Crippen molar-refractivity contribution in [3.8, 4) is 0 Å². The first-order valence-electron chi connectivity index (χ1n) is 4.85. The average molecular weight is 198 g/mol. The van der Waals surface area contributed by atoms with Crippen LogP contribution in [-0.2, 0) is 0 Å². The fourth-order valence-corrected chi connectivity index (χ4v) is 2.03. The van der Waals surface area contributed by atoms with E-state index in [-0.39, 0.29) is 0 Å². The molecule has 3 heteroatoms. The lowest BCUT2D eigenvalue weighted by atomic mass is 10.1. The van der Waals surface area contributed by atoms with Gasteiger partial charge in [-0.05, 0) is 18.6 Å². The second-order valence-electron chi connectivity index (χ2n) is 3.75. The zero-order valence-electron chi connectivity index (χ0n) is 8.29. The summed E-state index contributed by atoms with van der Waals surface area (Å²) in [5.41, 5.74) is 4.96. The first-order chi connectivity index (χ1) is 7.29. The Kier molecular flexibility index (Phi) is 1.51. The summed E-state index contributed by atoms with van der Waals surface area (Å²) in [7, 11) is 0. The molecule has 0 aliphatic heterocycles. The lowest BCUT2D eigenvalue weighted by Gasteiger charge is -1.94. The van der Waals surface area contributed by atoms with Gasteiger partial charge in [0.1, 0.15) is 0 Å². The average Bonchev–Trinajstić information content (AvgIpc) is 2.76. The van der Waals surface area contributed by atoms with Crippen LogP contribution in [0.15, 0.2) is 24.3 Å². The molecule has 0 saturated carbocycles. The largest absolute Gasteiger partial charge is 0.353 e. The number of aromatic amines is 2. The van der Waals surface area contributed by atoms with Crippen molar-refractivity contribution in [1.82, 2.24) is 9.97 Å². The standard InChI is InChI=1S/C12H10N2O/c1-7-3-2-4-9-11(7)14-10-5-8(6-15)13-12(9)10/h2-6,13-14H,1H3. The molecule has 2 N–H and O–H groups in total. The van der Waals surface area contributed by atoms with Crippen molar-refractivity contribution in [2.24, 2.45) is 0 Å². The number of aldehydes is 1. The van der Waals surface area contributed by atoms with Gasteiger partial charge in [-0.25, -0.2) is 0 Å². The van der Waals surface area contributed by atoms with Gasteiger partial charge in [0.05, 0.1) is 22.2 Å². The maximum absolute atomic E-state index is 10.6. The van der Waals surface area contributed by atoms with E-state index in [1.165, 1.54) is 5.56 Å². The minimum absolute atomic E-state index is 0.611. The molecule has 3 rings (SSSR count). The van der Waals surface area contributed by atoms with Gasteiger partial charge in [0, 0.05) is 5.39 Å². The molecule has 0 saturated heterocycles. The van der Waals surface area contributed by atoms with E-state index >= 15 is 0 Å². The Bertz CT molecular complexity index is 661. The van der Waals surface area contributed by atoms with Crippen LogP contribution in [0.3, 0.4) is 0 Å². The van der Waals surface area contributed by atoms with E-state index in [2.05, 4.69) is 23.0 Å². The predicted octanol–water partition coefficient (Wildman–Crippen LogP) is 2.77. The molecule has 3 nitrogen and oxygen atoms in total. The van der Waals surface area contributed by atoms with Crippen LogP contribution in [0.1, 0.15) is 16.1 Å². The highest BCUT2D eigenvalue weighted by Crippen LogP contribution is 2.26. The van der Waals surface area contributed by atoms with E-state index in [9.17, 15) is 4.79 Å². The Morgan fingerprint density at radius 3 is 2.87 bits per heavy atom. The van der Waals surface area contributed by atoms with Gasteiger partial charge in [0.25, 0.3) is 0 Å². The quantitative estimate of drug-likeness (QED) is 0.580. The molecular weight excluding hydrogens is 188 g/mol. The van der Waals surface area contributed by atoms with E-state index in [0.717, 1.165) is 28.2 Å². The molecule has 1 aromatic carbocycles. The molecule has 0 aliphatic carbocycles. The minimum Gasteiger partial charge on any atom is -0.353 e. The Labute approximate surface area is 86.1 Å². The van der Waals surface area contributed by atoms with Gasteiger partial charge >= 0.3 is 0 Å². The van der Waals surface area contributed by atoms with Gasteiger partial charge < -0.3 is 9.97 Å². The fourth-order valence-electron chi connectivity index (χ4n) is 2.03. The normalized spacial score (nSPS) is 11.3. The molecule has 0 unspecified atom stereocenters. The molecular formula is C12H10N2O. The number of aromatic nitrogens is 2. The summed E-state index contributed by atoms with van der Waals surface area (Å²) in [5.74, 6) is 0. The monoisotopic (exact) mass is 198 g/mol. The van der Waals surface area contributed by atoms with Crippen molar-refractivity contribution in [2.75, 3.05) is 0 Å². The lowest BCUT2D eigenvalue weighted by Crippen LogP contribution is -1.78. The number of H-pyrrole nitrogens is 2. The van der Waals surface area contributed by atoms with Gasteiger partial charge in [-0.3, -0.25) is 4.79 Å². The Hall–Kier alpha value is -2.03. The van der Waals surface area contributed by atoms with Crippen LogP contribution < -0.4 is 0 Å². The minimum atomic E-state index is 0.611. The molecule has 3 aromatic rings. The first-order valence-corrected chi connectivity index (χ1v) is 4.85. The van der Waals surface area contributed by atoms with Crippen LogP contribution in [0.5, 0.6) is 0 Å². The van der Waals surface area contributed by atoms with Crippen molar-refractivity contribution in [1.29, 1.82) is 0 Å². The summed E-state index contributed by atoms with van der Waals surface area (Å²) < 4.78 is 0. The molecule has 0 amide bonds. The highest BCUT2D eigenvalue weighted by Gasteiger charge is 2.08. The number of carbonyl (C=O) groups is 1. The number of aryl methyl sites for hydroxylation is 1. The van der Waals surface area contributed by atoms with Crippen molar-refractivity contribution in [3.63, 3.8) is 0 Å². The van der Waals surface area contributed by atoms with Crippen LogP contribution >= 0.6 is 0 Å². The van der Waals surface area contributed by atoms with E-state index in [0.29, 0.717) is 5.69 Å². The fraction of sp³-hybridized carbons (Fsp3) is 0.0833. The SMILES string of the molecule is Cc1cccc2c1[nH]c1cc(C=O)[nH]c12. The van der Waals surface area contributed by atoms with Crippen molar-refractivity contribution in [2.45, 2.75) is 6.92 Å². The lowest BCUT2D eigenvalue weighted by molar-refractivity contribution is 0.112. The van der Waals surface area contributed by atoms with Gasteiger partial charge in [0.15, 0.2) is 6.29 Å². The molecule has 0 radical (unpaired) electrons. The summed E-state index contributed by atoms with van der Waals surface area (Å²) in [5, 5.41) is 1.14. The van der Waals surface area contributed by atoms with Gasteiger partial charge in [0.2, 0.25) is 0 Å². The second kappa shape index (κ2) is 2.73. The molecule has 0 fully saturated rings. The molecule has 0 spiro atoms. The topological polar surface area (TPSA) is 48.6 Å². The molecule has 2 aromatic heterocycles. The second-order valence-corrected chi connectivity index (χ2v) is 3.75. The molecule has 0 bridgehead atoms. The van der Waals surface area contributed by atoms with Crippen molar-refractivity contribution < 1.29 is 4.79 Å². The number of rotatable bonds is 1. The number of benzene rings is 1. The summed E-state index contributed by atoms with van der Waals surface area (Å²) in [6.07, 6.45) is 0.829. The zero-order chi connectivity index (χ0) is 10.4. The van der Waals surface area contributed by atoms with E-state index in [1.54, 1.807) is 0 Å². The third kappa shape index (κ3) is 1.03. The number of hydrogen-bond acceptors (Lipinski definition) is 1. The van der Waals surface area contributed by atoms with Crippen LogP contribution in [-0.4, -0.2) is 16.3 Å². The van der Waals surface area contributed by atoms with Crippen LogP contribution in [0.25, 0.3) is 21.9 Å². The van der Waals surface area contributed by atoms with Crippen LogP contribution in [0.2, 0.25) is 0 Å². The summed E-state index contributed by atoms with van der Waals surface area (Å²) >= 11 is 0. The van der Waals surface area contributed by atoms with E-state index in [1.807, 2.05) is 18.2 Å². The third-order valence-electron chi connectivity index (χ3n) is 2.77. The summed E-state index contributed by atoms with van der Waals surface area (Å²) in [6.45, 7) is 2.07. The van der Waals surface area contributed by atoms with E-state index < -0.39 is 0 Å².